The van der Waals surface area contributed by atoms with Gasteiger partial charge in [0.2, 0.25) is 21.8 Å². The fourth-order valence-electron chi connectivity index (χ4n) is 4.94. The van der Waals surface area contributed by atoms with E-state index in [4.69, 9.17) is 23.2 Å². The predicted molar refractivity (Wildman–Crippen MR) is 176 cm³/mol. The third-order valence-electron chi connectivity index (χ3n) is 6.75. The molecule has 232 valence electrons. The van der Waals surface area contributed by atoms with E-state index >= 15 is 0 Å². The van der Waals surface area contributed by atoms with Crippen LogP contribution in [0.3, 0.4) is 0 Å². The van der Waals surface area contributed by atoms with Crippen LogP contribution >= 0.6 is 23.2 Å². The molecule has 3 rings (SSSR count). The molecular weight excluding hydrogens is 605 g/mol. The quantitative estimate of drug-likeness (QED) is 0.237. The van der Waals surface area contributed by atoms with E-state index in [0.717, 1.165) is 28.5 Å². The summed E-state index contributed by atoms with van der Waals surface area (Å²) in [6.45, 7) is 9.74. The van der Waals surface area contributed by atoms with E-state index in [2.05, 4.69) is 5.32 Å². The SMILES string of the molecule is Cc1cc(C)cc(N(CCCC(=O)N(Cc2ccc(Cl)c(Cl)c2)[C@H](Cc2ccccc2)C(=O)NC(C)(C)C)S(C)(=O)=O)c1. The number of anilines is 1. The first-order chi connectivity index (χ1) is 20.0. The first kappa shape index (κ1) is 34.4. The smallest absolute Gasteiger partial charge is 0.243 e. The Bertz CT molecular complexity index is 1520. The van der Waals surface area contributed by atoms with Crippen LogP contribution in [0.1, 0.15) is 55.9 Å². The highest BCUT2D eigenvalue weighted by atomic mass is 35.5. The number of hydrogen-bond donors (Lipinski definition) is 1. The summed E-state index contributed by atoms with van der Waals surface area (Å²) in [6.07, 6.45) is 1.76. The van der Waals surface area contributed by atoms with Crippen LogP contribution in [0.15, 0.2) is 66.7 Å². The topological polar surface area (TPSA) is 86.8 Å². The van der Waals surface area contributed by atoms with E-state index in [1.807, 2.05) is 83.1 Å². The lowest BCUT2D eigenvalue weighted by Crippen LogP contribution is -2.54. The molecule has 0 radical (unpaired) electrons. The molecule has 7 nitrogen and oxygen atoms in total. The lowest BCUT2D eigenvalue weighted by atomic mass is 10.00. The van der Waals surface area contributed by atoms with E-state index in [9.17, 15) is 18.0 Å². The Morgan fingerprint density at radius 2 is 1.51 bits per heavy atom. The molecule has 0 aliphatic carbocycles. The van der Waals surface area contributed by atoms with Gasteiger partial charge in [-0.25, -0.2) is 8.42 Å². The third kappa shape index (κ3) is 10.6. The van der Waals surface area contributed by atoms with Gasteiger partial charge in [0.05, 0.1) is 22.0 Å². The van der Waals surface area contributed by atoms with Gasteiger partial charge in [0, 0.05) is 31.5 Å². The fourth-order valence-corrected chi connectivity index (χ4v) is 6.21. The molecular formula is C33H41Cl2N3O4S. The molecule has 3 aromatic carbocycles. The number of carbonyl (C=O) groups excluding carboxylic acids is 2. The third-order valence-corrected chi connectivity index (χ3v) is 8.69. The molecule has 1 atom stereocenters. The fraction of sp³-hybridized carbons (Fsp3) is 0.394. The summed E-state index contributed by atoms with van der Waals surface area (Å²) in [7, 11) is -3.60. The summed E-state index contributed by atoms with van der Waals surface area (Å²) in [5, 5.41) is 3.78. The number of benzene rings is 3. The molecule has 1 N–H and O–H groups in total. The van der Waals surface area contributed by atoms with Crippen molar-refractivity contribution in [1.29, 1.82) is 0 Å². The van der Waals surface area contributed by atoms with Gasteiger partial charge in [-0.3, -0.25) is 13.9 Å². The Balaban J connectivity index is 1.94. The Labute approximate surface area is 266 Å². The molecule has 0 bridgehead atoms. The van der Waals surface area contributed by atoms with E-state index < -0.39 is 21.6 Å². The molecule has 3 aromatic rings. The minimum Gasteiger partial charge on any atom is -0.350 e. The number of hydrogen-bond acceptors (Lipinski definition) is 4. The summed E-state index contributed by atoms with van der Waals surface area (Å²) < 4.78 is 26.8. The standard InChI is InChI=1S/C33H41Cl2N3O4S/c1-23-17-24(2)19-27(18-23)38(43(6,41)42)16-10-13-31(39)37(22-26-14-15-28(34)29(35)20-26)30(32(40)36-33(3,4)5)21-25-11-8-7-9-12-25/h7-9,11-12,14-15,17-20,30H,10,13,16,21-22H2,1-6H3,(H,36,40)/t30-/m1/s1. The average molecular weight is 647 g/mol. The first-order valence-corrected chi connectivity index (χ1v) is 16.8. The van der Waals surface area contributed by atoms with Gasteiger partial charge in [-0.05, 0) is 87.6 Å². The van der Waals surface area contributed by atoms with E-state index in [1.54, 1.807) is 23.1 Å². The number of rotatable bonds is 12. The van der Waals surface area contributed by atoms with Crippen LogP contribution in [0.5, 0.6) is 0 Å². The van der Waals surface area contributed by atoms with Crippen LogP contribution in [0.4, 0.5) is 5.69 Å². The molecule has 43 heavy (non-hydrogen) atoms. The number of aryl methyl sites for hydroxylation is 2. The van der Waals surface area contributed by atoms with Gasteiger partial charge in [0.1, 0.15) is 6.04 Å². The molecule has 0 saturated carbocycles. The number of sulfonamides is 1. The highest BCUT2D eigenvalue weighted by Gasteiger charge is 2.32. The van der Waals surface area contributed by atoms with Crippen molar-refractivity contribution in [2.24, 2.45) is 0 Å². The average Bonchev–Trinajstić information content (AvgIpc) is 2.88. The molecule has 10 heteroatoms. The second-order valence-corrected chi connectivity index (χ2v) is 14.7. The first-order valence-electron chi connectivity index (χ1n) is 14.2. The Morgan fingerprint density at radius 1 is 0.884 bits per heavy atom. The normalized spacial score (nSPS) is 12.5. The molecule has 0 saturated heterocycles. The van der Waals surface area contributed by atoms with E-state index in [0.29, 0.717) is 22.2 Å². The number of carbonyl (C=O) groups is 2. The maximum atomic E-state index is 14.0. The minimum absolute atomic E-state index is 0.0340. The monoisotopic (exact) mass is 645 g/mol. The van der Waals surface area contributed by atoms with Crippen molar-refractivity contribution in [3.63, 3.8) is 0 Å². The zero-order chi connectivity index (χ0) is 31.9. The number of nitrogens with zero attached hydrogens (tertiary/aromatic N) is 2. The van der Waals surface area contributed by atoms with E-state index in [1.165, 1.54) is 4.31 Å². The van der Waals surface area contributed by atoms with Crippen molar-refractivity contribution in [3.8, 4) is 0 Å². The van der Waals surface area contributed by atoms with Crippen LogP contribution in [0.2, 0.25) is 10.0 Å². The van der Waals surface area contributed by atoms with Crippen molar-refractivity contribution in [2.45, 2.75) is 72.0 Å². The van der Waals surface area contributed by atoms with Gasteiger partial charge in [0.15, 0.2) is 0 Å². The lowest BCUT2D eigenvalue weighted by molar-refractivity contribution is -0.142. The zero-order valence-electron chi connectivity index (χ0n) is 25.7. The maximum absolute atomic E-state index is 14.0. The Kier molecular flexibility index (Phi) is 11.7. The summed E-state index contributed by atoms with van der Waals surface area (Å²) in [5.74, 6) is -0.553. The second kappa shape index (κ2) is 14.6. The maximum Gasteiger partial charge on any atom is 0.243 e. The molecule has 0 aliphatic heterocycles. The van der Waals surface area contributed by atoms with Crippen molar-refractivity contribution in [3.05, 3.63) is 99.0 Å². The molecule has 0 aliphatic rings. The molecule has 0 unspecified atom stereocenters. The molecule has 0 fully saturated rings. The van der Waals surface area contributed by atoms with Gasteiger partial charge in [-0.15, -0.1) is 0 Å². The molecule has 2 amide bonds. The Hall–Kier alpha value is -3.07. The van der Waals surface area contributed by atoms with Crippen molar-refractivity contribution >= 4 is 50.7 Å². The molecule has 0 spiro atoms. The van der Waals surface area contributed by atoms with Gasteiger partial charge in [0.25, 0.3) is 0 Å². The van der Waals surface area contributed by atoms with Gasteiger partial charge in [-0.2, -0.15) is 0 Å². The lowest BCUT2D eigenvalue weighted by Gasteiger charge is -2.34. The zero-order valence-corrected chi connectivity index (χ0v) is 28.0. The van der Waals surface area contributed by atoms with Crippen molar-refractivity contribution in [2.75, 3.05) is 17.1 Å². The van der Waals surface area contributed by atoms with Crippen LogP contribution in [0, 0.1) is 13.8 Å². The number of halogens is 2. The van der Waals surface area contributed by atoms with Crippen LogP contribution < -0.4 is 9.62 Å². The number of nitrogens with one attached hydrogen (secondary N) is 1. The second-order valence-electron chi connectivity index (χ2n) is 12.0. The summed E-state index contributed by atoms with van der Waals surface area (Å²) >= 11 is 12.4. The van der Waals surface area contributed by atoms with Crippen molar-refractivity contribution < 1.29 is 18.0 Å². The molecule has 0 heterocycles. The Morgan fingerprint density at radius 3 is 2.07 bits per heavy atom. The van der Waals surface area contributed by atoms with Crippen LogP contribution in [-0.2, 0) is 32.6 Å². The minimum atomic E-state index is -3.60. The highest BCUT2D eigenvalue weighted by Crippen LogP contribution is 2.26. The number of amides is 2. The summed E-state index contributed by atoms with van der Waals surface area (Å²) in [4.78, 5) is 29.3. The van der Waals surface area contributed by atoms with Crippen LogP contribution in [0.25, 0.3) is 0 Å². The largest absolute Gasteiger partial charge is 0.350 e. The summed E-state index contributed by atoms with van der Waals surface area (Å²) in [6, 6.07) is 19.5. The summed E-state index contributed by atoms with van der Waals surface area (Å²) in [5.41, 5.74) is 3.56. The molecule has 0 aromatic heterocycles. The van der Waals surface area contributed by atoms with Gasteiger partial charge >= 0.3 is 0 Å². The van der Waals surface area contributed by atoms with Gasteiger partial charge < -0.3 is 10.2 Å². The van der Waals surface area contributed by atoms with Crippen molar-refractivity contribution in [1.82, 2.24) is 10.2 Å². The van der Waals surface area contributed by atoms with Gasteiger partial charge in [-0.1, -0.05) is 65.7 Å². The van der Waals surface area contributed by atoms with E-state index in [-0.39, 0.29) is 37.7 Å². The predicted octanol–water partition coefficient (Wildman–Crippen LogP) is 6.71. The van der Waals surface area contributed by atoms with Crippen LogP contribution in [-0.4, -0.2) is 49.5 Å². The highest BCUT2D eigenvalue weighted by molar-refractivity contribution is 7.92.